The monoisotopic (exact) mass is 323 g/mol. The lowest BCUT2D eigenvalue weighted by atomic mass is 10.1. The highest BCUT2D eigenvalue weighted by Crippen LogP contribution is 2.25. The van der Waals surface area contributed by atoms with Crippen molar-refractivity contribution in [1.82, 2.24) is 4.72 Å². The molecule has 1 aromatic carbocycles. The molecule has 0 radical (unpaired) electrons. The number of benzene rings is 1. The molecule has 112 valence electrons. The van der Waals surface area contributed by atoms with E-state index in [1.165, 1.54) is 0 Å². The van der Waals surface area contributed by atoms with Gasteiger partial charge in [-0.05, 0) is 25.0 Å². The van der Waals surface area contributed by atoms with Crippen molar-refractivity contribution < 1.29 is 22.7 Å². The molecule has 0 aromatic heterocycles. The molecule has 0 bridgehead atoms. The smallest absolute Gasteiger partial charge is 0.241 e. The molecule has 5 nitrogen and oxygen atoms in total. The van der Waals surface area contributed by atoms with E-state index < -0.39 is 22.4 Å². The number of aliphatic hydroxyl groups excluding tert-OH is 1. The van der Waals surface area contributed by atoms with Gasteiger partial charge in [-0.1, -0.05) is 11.6 Å². The van der Waals surface area contributed by atoms with E-state index in [1.807, 2.05) is 0 Å². The number of sulfonamides is 1. The molecule has 1 aliphatic heterocycles. The van der Waals surface area contributed by atoms with E-state index in [2.05, 4.69) is 4.72 Å². The zero-order valence-electron chi connectivity index (χ0n) is 10.6. The third kappa shape index (κ3) is 3.48. The van der Waals surface area contributed by atoms with Gasteiger partial charge in [0.2, 0.25) is 10.0 Å². The van der Waals surface area contributed by atoms with Crippen LogP contribution in [0.25, 0.3) is 0 Å². The van der Waals surface area contributed by atoms with E-state index in [-0.39, 0.29) is 21.5 Å². The maximum atomic E-state index is 13.6. The number of nitrogens with one attached hydrogen (secondary N) is 1. The fourth-order valence-corrected chi connectivity index (χ4v) is 3.50. The molecule has 1 aliphatic rings. The highest BCUT2D eigenvalue weighted by molar-refractivity contribution is 7.89. The predicted molar refractivity (Wildman–Crippen MR) is 71.5 cm³/mol. The maximum Gasteiger partial charge on any atom is 0.241 e. The molecule has 1 unspecified atom stereocenters. The van der Waals surface area contributed by atoms with Crippen molar-refractivity contribution in [2.75, 3.05) is 13.2 Å². The van der Waals surface area contributed by atoms with Gasteiger partial charge in [-0.3, -0.25) is 0 Å². The van der Waals surface area contributed by atoms with E-state index in [4.69, 9.17) is 21.4 Å². The lowest BCUT2D eigenvalue weighted by molar-refractivity contribution is 0.0774. The Morgan fingerprint density at radius 2 is 2.25 bits per heavy atom. The predicted octanol–water partition coefficient (Wildman–Crippen LogP) is 1.43. The third-order valence-electron chi connectivity index (χ3n) is 3.04. The van der Waals surface area contributed by atoms with Gasteiger partial charge in [0.05, 0.1) is 23.1 Å². The normalized spacial score (nSPS) is 20.1. The average Bonchev–Trinajstić information content (AvgIpc) is 2.42. The Kier molecular flexibility index (Phi) is 4.98. The Bertz CT molecular complexity index is 587. The first-order valence-corrected chi connectivity index (χ1v) is 7.99. The molecule has 1 atom stereocenters. The van der Waals surface area contributed by atoms with Gasteiger partial charge in [-0.2, -0.15) is 0 Å². The fraction of sp³-hybridized carbons (Fsp3) is 0.500. The second-order valence-corrected chi connectivity index (χ2v) is 6.66. The van der Waals surface area contributed by atoms with Crippen molar-refractivity contribution in [1.29, 1.82) is 0 Å². The molecule has 2 N–H and O–H groups in total. The van der Waals surface area contributed by atoms with Gasteiger partial charge in [0.25, 0.3) is 0 Å². The Morgan fingerprint density at radius 3 is 2.85 bits per heavy atom. The lowest BCUT2D eigenvalue weighted by Crippen LogP contribution is -2.40. The second-order valence-electron chi connectivity index (χ2n) is 4.57. The van der Waals surface area contributed by atoms with Crippen LogP contribution in [0.1, 0.15) is 18.4 Å². The zero-order valence-corrected chi connectivity index (χ0v) is 12.2. The van der Waals surface area contributed by atoms with Crippen LogP contribution in [0.5, 0.6) is 0 Å². The number of ether oxygens (including phenoxy) is 1. The van der Waals surface area contributed by atoms with Crippen molar-refractivity contribution in [3.8, 4) is 0 Å². The van der Waals surface area contributed by atoms with Crippen LogP contribution in [-0.2, 0) is 21.4 Å². The molecule has 1 aromatic rings. The van der Waals surface area contributed by atoms with Gasteiger partial charge in [0.15, 0.2) is 0 Å². The summed E-state index contributed by atoms with van der Waals surface area (Å²) in [6.45, 7) is 0.371. The Labute approximate surface area is 121 Å². The van der Waals surface area contributed by atoms with Crippen molar-refractivity contribution >= 4 is 21.6 Å². The first kappa shape index (κ1) is 15.7. The van der Waals surface area contributed by atoms with E-state index in [1.54, 1.807) is 0 Å². The van der Waals surface area contributed by atoms with E-state index in [0.29, 0.717) is 19.6 Å². The molecular weight excluding hydrogens is 309 g/mol. The minimum atomic E-state index is -3.87. The maximum absolute atomic E-state index is 13.6. The first-order valence-electron chi connectivity index (χ1n) is 6.13. The van der Waals surface area contributed by atoms with Gasteiger partial charge in [-0.25, -0.2) is 17.5 Å². The highest BCUT2D eigenvalue weighted by atomic mass is 35.5. The van der Waals surface area contributed by atoms with Crippen molar-refractivity contribution in [3.63, 3.8) is 0 Å². The summed E-state index contributed by atoms with van der Waals surface area (Å²) in [6.07, 6.45) is 1.44. The second kappa shape index (κ2) is 6.36. The Morgan fingerprint density at radius 1 is 1.50 bits per heavy atom. The summed E-state index contributed by atoms with van der Waals surface area (Å²) in [6, 6.07) is 1.68. The molecule has 1 fully saturated rings. The Hall–Kier alpha value is -0.730. The third-order valence-corrected chi connectivity index (χ3v) is 4.96. The number of rotatable bonds is 4. The van der Waals surface area contributed by atoms with Crippen LogP contribution in [0.2, 0.25) is 5.02 Å². The molecule has 0 spiro atoms. The van der Waals surface area contributed by atoms with E-state index in [0.717, 1.165) is 18.6 Å². The largest absolute Gasteiger partial charge is 0.392 e. The molecule has 1 heterocycles. The van der Waals surface area contributed by atoms with E-state index in [9.17, 15) is 12.8 Å². The molecule has 0 aliphatic carbocycles. The summed E-state index contributed by atoms with van der Waals surface area (Å²) < 4.78 is 45.6. The highest BCUT2D eigenvalue weighted by Gasteiger charge is 2.24. The summed E-state index contributed by atoms with van der Waals surface area (Å²) in [5.41, 5.74) is 0.0342. The topological polar surface area (TPSA) is 75.6 Å². The summed E-state index contributed by atoms with van der Waals surface area (Å²) in [7, 11) is -3.87. The average molecular weight is 324 g/mol. The van der Waals surface area contributed by atoms with Gasteiger partial charge in [-0.15, -0.1) is 0 Å². The van der Waals surface area contributed by atoms with Crippen LogP contribution < -0.4 is 4.72 Å². The van der Waals surface area contributed by atoms with Crippen LogP contribution in [0.3, 0.4) is 0 Å². The molecule has 20 heavy (non-hydrogen) atoms. The van der Waals surface area contributed by atoms with Crippen molar-refractivity contribution in [3.05, 3.63) is 28.5 Å². The molecule has 1 saturated heterocycles. The number of hydrogen-bond donors (Lipinski definition) is 2. The fourth-order valence-electron chi connectivity index (χ4n) is 2.01. The number of halogens is 2. The van der Waals surface area contributed by atoms with Gasteiger partial charge in [0.1, 0.15) is 5.82 Å². The molecule has 8 heteroatoms. The SMILES string of the molecule is O=S(=O)(NC1CCCOC1)c1cc(F)c(Cl)c(CO)c1. The van der Waals surface area contributed by atoms with E-state index >= 15 is 0 Å². The zero-order chi connectivity index (χ0) is 14.8. The minimum Gasteiger partial charge on any atom is -0.392 e. The summed E-state index contributed by atoms with van der Waals surface area (Å²) in [4.78, 5) is -0.256. The molecule has 0 saturated carbocycles. The summed E-state index contributed by atoms with van der Waals surface area (Å²) in [5, 5.41) is 8.80. The standard InChI is InChI=1S/C12H15ClFNO4S/c13-12-8(6-16)4-10(5-11(12)14)20(17,18)15-9-2-1-3-19-7-9/h4-5,9,15-16H,1-3,6-7H2. The minimum absolute atomic E-state index is 0.0342. The van der Waals surface area contributed by atoms with Gasteiger partial charge in [0, 0.05) is 18.2 Å². The van der Waals surface area contributed by atoms with Crippen LogP contribution >= 0.6 is 11.6 Å². The quantitative estimate of drug-likeness (QED) is 0.879. The molecule has 0 amide bonds. The lowest BCUT2D eigenvalue weighted by Gasteiger charge is -2.23. The number of hydrogen-bond acceptors (Lipinski definition) is 4. The number of aliphatic hydroxyl groups is 1. The van der Waals surface area contributed by atoms with Crippen LogP contribution in [-0.4, -0.2) is 32.8 Å². The van der Waals surface area contributed by atoms with Crippen molar-refractivity contribution in [2.24, 2.45) is 0 Å². The van der Waals surface area contributed by atoms with Crippen LogP contribution in [0.4, 0.5) is 4.39 Å². The van der Waals surface area contributed by atoms with Crippen LogP contribution in [0, 0.1) is 5.82 Å². The summed E-state index contributed by atoms with van der Waals surface area (Å²) >= 11 is 5.64. The summed E-state index contributed by atoms with van der Waals surface area (Å²) in [5.74, 6) is -0.876. The van der Waals surface area contributed by atoms with Gasteiger partial charge >= 0.3 is 0 Å². The van der Waals surface area contributed by atoms with Crippen LogP contribution in [0.15, 0.2) is 17.0 Å². The van der Waals surface area contributed by atoms with Gasteiger partial charge < -0.3 is 9.84 Å². The Balaban J connectivity index is 2.26. The van der Waals surface area contributed by atoms with Crippen molar-refractivity contribution in [2.45, 2.75) is 30.4 Å². The molecular formula is C12H15ClFNO4S. The molecule has 2 rings (SSSR count). The first-order chi connectivity index (χ1) is 9.44.